The first-order valence-electron chi connectivity index (χ1n) is 7.83. The van der Waals surface area contributed by atoms with Gasteiger partial charge in [-0.25, -0.2) is 0 Å². The van der Waals surface area contributed by atoms with Crippen molar-refractivity contribution in [3.05, 3.63) is 34.4 Å². The van der Waals surface area contributed by atoms with Gasteiger partial charge < -0.3 is 15.7 Å². The quantitative estimate of drug-likeness (QED) is 0.445. The number of carbonyl (C=O) groups is 2. The van der Waals surface area contributed by atoms with E-state index in [1.165, 1.54) is 6.07 Å². The van der Waals surface area contributed by atoms with Crippen LogP contribution in [-0.4, -0.2) is 34.0 Å². The Balaban J connectivity index is 2.60. The molecule has 132 valence electrons. The van der Waals surface area contributed by atoms with E-state index in [1.807, 2.05) is 13.8 Å². The van der Waals surface area contributed by atoms with Gasteiger partial charge in [0.1, 0.15) is 5.69 Å². The Morgan fingerprint density at radius 3 is 2.42 bits per heavy atom. The summed E-state index contributed by atoms with van der Waals surface area (Å²) in [5.74, 6) is -1.25. The van der Waals surface area contributed by atoms with Gasteiger partial charge in [-0.1, -0.05) is 26.0 Å². The minimum atomic E-state index is -0.961. The van der Waals surface area contributed by atoms with Crippen LogP contribution in [0.3, 0.4) is 0 Å². The number of rotatable bonds is 10. The molecular formula is C16H23N3O5. The lowest BCUT2D eigenvalue weighted by Gasteiger charge is -2.31. The van der Waals surface area contributed by atoms with Gasteiger partial charge in [-0.3, -0.25) is 19.7 Å². The van der Waals surface area contributed by atoms with Gasteiger partial charge in [0.05, 0.1) is 11.3 Å². The molecule has 8 nitrogen and oxygen atoms in total. The first-order valence-corrected chi connectivity index (χ1v) is 7.83. The summed E-state index contributed by atoms with van der Waals surface area (Å²) in [6.45, 7) is 3.88. The lowest BCUT2D eigenvalue weighted by atomic mass is 9.89. The molecule has 0 saturated heterocycles. The Labute approximate surface area is 140 Å². The molecule has 3 N–H and O–H groups in total. The second kappa shape index (κ2) is 8.85. The largest absolute Gasteiger partial charge is 0.481 e. The van der Waals surface area contributed by atoms with Gasteiger partial charge in [-0.15, -0.1) is 0 Å². The molecule has 1 aromatic rings. The average molecular weight is 337 g/mol. The molecule has 24 heavy (non-hydrogen) atoms. The molecule has 0 atom stereocenters. The predicted octanol–water partition coefficient (Wildman–Crippen LogP) is 2.55. The smallest absolute Gasteiger partial charge is 0.305 e. The molecule has 1 amide bonds. The number of carboxylic acids is 1. The number of nitro groups is 1. The summed E-state index contributed by atoms with van der Waals surface area (Å²) in [6, 6.07) is 6.19. The zero-order chi connectivity index (χ0) is 18.2. The van der Waals surface area contributed by atoms with Gasteiger partial charge in [0.25, 0.3) is 5.69 Å². The van der Waals surface area contributed by atoms with Crippen molar-refractivity contribution in [2.45, 2.75) is 45.1 Å². The predicted molar refractivity (Wildman–Crippen MR) is 89.9 cm³/mol. The van der Waals surface area contributed by atoms with E-state index in [1.54, 1.807) is 18.2 Å². The number of carbonyl (C=O) groups excluding carboxylic acids is 1. The van der Waals surface area contributed by atoms with E-state index in [-0.39, 0.29) is 31.0 Å². The van der Waals surface area contributed by atoms with Crippen molar-refractivity contribution in [3.8, 4) is 0 Å². The molecule has 1 rings (SSSR count). The van der Waals surface area contributed by atoms with Crippen molar-refractivity contribution < 1.29 is 19.6 Å². The highest BCUT2D eigenvalue weighted by atomic mass is 16.6. The van der Waals surface area contributed by atoms with Crippen LogP contribution in [0.5, 0.6) is 0 Å². The fourth-order valence-corrected chi connectivity index (χ4v) is 2.46. The van der Waals surface area contributed by atoms with E-state index in [0.29, 0.717) is 18.5 Å². The molecule has 0 radical (unpaired) electrons. The first kappa shape index (κ1) is 19.4. The van der Waals surface area contributed by atoms with E-state index >= 15 is 0 Å². The summed E-state index contributed by atoms with van der Waals surface area (Å²) in [7, 11) is 0. The van der Waals surface area contributed by atoms with Crippen molar-refractivity contribution in [2.24, 2.45) is 0 Å². The first-order chi connectivity index (χ1) is 11.3. The van der Waals surface area contributed by atoms with Crippen LogP contribution < -0.4 is 10.6 Å². The molecule has 0 unspecified atom stereocenters. The number of aliphatic carboxylic acids is 1. The molecule has 0 aliphatic carbocycles. The molecule has 1 aromatic carbocycles. The van der Waals surface area contributed by atoms with E-state index in [9.17, 15) is 19.7 Å². The number of nitrogens with zero attached hydrogens (tertiary/aromatic N) is 1. The SMILES string of the molecule is CCC(CC)(CC(=O)O)NC(=O)CCNc1ccccc1[N+](=O)[O-]. The Bertz CT molecular complexity index is 599. The van der Waals surface area contributed by atoms with E-state index in [0.717, 1.165) is 0 Å². The minimum Gasteiger partial charge on any atom is -0.481 e. The molecule has 0 saturated carbocycles. The fraction of sp³-hybridized carbons (Fsp3) is 0.500. The average Bonchev–Trinajstić information content (AvgIpc) is 2.54. The lowest BCUT2D eigenvalue weighted by molar-refractivity contribution is -0.384. The number of nitro benzene ring substituents is 1. The molecule has 0 aliphatic heterocycles. The lowest BCUT2D eigenvalue weighted by Crippen LogP contribution is -2.49. The van der Waals surface area contributed by atoms with Crippen molar-refractivity contribution in [1.29, 1.82) is 0 Å². The number of anilines is 1. The standard InChI is InChI=1S/C16H23N3O5/c1-3-16(4-2,11-15(21)22)18-14(20)9-10-17-12-7-5-6-8-13(12)19(23)24/h5-8,17H,3-4,9-11H2,1-2H3,(H,18,20)(H,21,22). The van der Waals surface area contributed by atoms with Crippen LogP contribution in [0.4, 0.5) is 11.4 Å². The molecule has 0 aromatic heterocycles. The van der Waals surface area contributed by atoms with Crippen LogP contribution in [0.15, 0.2) is 24.3 Å². The Morgan fingerprint density at radius 2 is 1.88 bits per heavy atom. The van der Waals surface area contributed by atoms with Crippen LogP contribution >= 0.6 is 0 Å². The van der Waals surface area contributed by atoms with Crippen LogP contribution in [0.2, 0.25) is 0 Å². The second-order valence-electron chi connectivity index (χ2n) is 5.56. The topological polar surface area (TPSA) is 122 Å². The van der Waals surface area contributed by atoms with Gasteiger partial charge in [0, 0.05) is 24.6 Å². The number of hydrogen-bond acceptors (Lipinski definition) is 5. The molecule has 0 spiro atoms. The number of carboxylic acid groups (broad SMARTS) is 1. The second-order valence-corrected chi connectivity index (χ2v) is 5.56. The highest BCUT2D eigenvalue weighted by molar-refractivity contribution is 5.79. The molecule has 0 fully saturated rings. The van der Waals surface area contributed by atoms with Crippen molar-refractivity contribution >= 4 is 23.3 Å². The Kier molecular flexibility index (Phi) is 7.16. The van der Waals surface area contributed by atoms with E-state index in [4.69, 9.17) is 5.11 Å². The summed E-state index contributed by atoms with van der Waals surface area (Å²) in [4.78, 5) is 33.5. The Morgan fingerprint density at radius 1 is 1.25 bits per heavy atom. The van der Waals surface area contributed by atoms with E-state index in [2.05, 4.69) is 10.6 Å². The van der Waals surface area contributed by atoms with Gasteiger partial charge >= 0.3 is 5.97 Å². The van der Waals surface area contributed by atoms with Gasteiger partial charge in [0.2, 0.25) is 5.91 Å². The maximum absolute atomic E-state index is 12.1. The van der Waals surface area contributed by atoms with Gasteiger partial charge in [0.15, 0.2) is 0 Å². The number of benzene rings is 1. The van der Waals surface area contributed by atoms with E-state index < -0.39 is 16.4 Å². The molecule has 0 heterocycles. The normalized spacial score (nSPS) is 10.9. The number of para-hydroxylation sites is 2. The highest BCUT2D eigenvalue weighted by Gasteiger charge is 2.30. The molecule has 0 aliphatic rings. The van der Waals surface area contributed by atoms with Crippen LogP contribution in [0.1, 0.15) is 39.5 Å². The summed E-state index contributed by atoms with van der Waals surface area (Å²) in [5, 5.41) is 25.6. The summed E-state index contributed by atoms with van der Waals surface area (Å²) in [5.41, 5.74) is -0.472. The van der Waals surface area contributed by atoms with Crippen LogP contribution in [0.25, 0.3) is 0 Å². The molecule has 0 bridgehead atoms. The van der Waals surface area contributed by atoms with Crippen molar-refractivity contribution in [2.75, 3.05) is 11.9 Å². The zero-order valence-electron chi connectivity index (χ0n) is 13.9. The zero-order valence-corrected chi connectivity index (χ0v) is 13.9. The summed E-state index contributed by atoms with van der Waals surface area (Å²) < 4.78 is 0. The fourth-order valence-electron chi connectivity index (χ4n) is 2.46. The maximum Gasteiger partial charge on any atom is 0.305 e. The monoisotopic (exact) mass is 337 g/mol. The van der Waals surface area contributed by atoms with Crippen LogP contribution in [0, 0.1) is 10.1 Å². The third-order valence-corrected chi connectivity index (χ3v) is 4.02. The van der Waals surface area contributed by atoms with Gasteiger partial charge in [-0.2, -0.15) is 0 Å². The number of amides is 1. The third-order valence-electron chi connectivity index (χ3n) is 4.02. The third kappa shape index (κ3) is 5.53. The van der Waals surface area contributed by atoms with Crippen LogP contribution in [-0.2, 0) is 9.59 Å². The summed E-state index contributed by atoms with van der Waals surface area (Å²) >= 11 is 0. The number of hydrogen-bond donors (Lipinski definition) is 3. The van der Waals surface area contributed by atoms with Gasteiger partial charge in [-0.05, 0) is 18.9 Å². The minimum absolute atomic E-state index is 0.0553. The number of nitrogens with one attached hydrogen (secondary N) is 2. The van der Waals surface area contributed by atoms with Crippen molar-refractivity contribution in [1.82, 2.24) is 5.32 Å². The Hall–Kier alpha value is -2.64. The highest BCUT2D eigenvalue weighted by Crippen LogP contribution is 2.23. The molecular weight excluding hydrogens is 314 g/mol. The maximum atomic E-state index is 12.1. The van der Waals surface area contributed by atoms with Crippen molar-refractivity contribution in [3.63, 3.8) is 0 Å². The summed E-state index contributed by atoms with van der Waals surface area (Å²) in [6.07, 6.45) is 0.981. The molecule has 8 heteroatoms.